The Balaban J connectivity index is 1.90. The molecule has 0 atom stereocenters. The van der Waals surface area contributed by atoms with E-state index in [0.717, 1.165) is 19.3 Å². The van der Waals surface area contributed by atoms with E-state index in [2.05, 4.69) is 5.32 Å². The number of fused-ring (bicyclic) bond motifs is 1. The predicted octanol–water partition coefficient (Wildman–Crippen LogP) is 4.85. The van der Waals surface area contributed by atoms with Crippen LogP contribution in [-0.4, -0.2) is 28.7 Å². The van der Waals surface area contributed by atoms with E-state index in [1.165, 1.54) is 0 Å². The fourth-order valence-electron chi connectivity index (χ4n) is 4.64. The van der Waals surface area contributed by atoms with E-state index in [0.29, 0.717) is 47.6 Å². The Morgan fingerprint density at radius 1 is 1.00 bits per heavy atom. The summed E-state index contributed by atoms with van der Waals surface area (Å²) in [5, 5.41) is 2.80. The largest absolute Gasteiger partial charge is 0.329 e. The monoisotopic (exact) mass is 489 g/mol. The molecule has 0 saturated heterocycles. The minimum atomic E-state index is -3.71. The van der Waals surface area contributed by atoms with Crippen LogP contribution in [0.3, 0.4) is 0 Å². The molecular weight excluding hydrogens is 462 g/mol. The second kappa shape index (κ2) is 9.35. The first kappa shape index (κ1) is 23.6. The Morgan fingerprint density at radius 3 is 2.15 bits per heavy atom. The Bertz CT molecular complexity index is 1350. The summed E-state index contributed by atoms with van der Waals surface area (Å²) >= 11 is 5.93. The lowest BCUT2D eigenvalue weighted by Crippen LogP contribution is -2.25. The van der Waals surface area contributed by atoms with Crippen LogP contribution in [0.15, 0.2) is 46.1 Å². The molecule has 0 bridgehead atoms. The van der Waals surface area contributed by atoms with Crippen LogP contribution in [0, 0.1) is 0 Å². The molecule has 1 aliphatic rings. The highest BCUT2D eigenvalue weighted by Gasteiger charge is 2.32. The second-order valence-electron chi connectivity index (χ2n) is 8.37. The molecule has 0 radical (unpaired) electrons. The number of anilines is 1. The number of aryl methyl sites for hydroxylation is 2. The number of imidazole rings is 1. The van der Waals surface area contributed by atoms with Crippen molar-refractivity contribution in [2.45, 2.75) is 69.2 Å². The number of amides is 1. The van der Waals surface area contributed by atoms with Gasteiger partial charge in [-0.05, 0) is 63.1 Å². The average molecular weight is 490 g/mol. The lowest BCUT2D eigenvalue weighted by molar-refractivity contribution is 0.102. The molecule has 1 aromatic heterocycles. The molecule has 0 aliphatic heterocycles. The van der Waals surface area contributed by atoms with Gasteiger partial charge in [0.15, 0.2) is 9.84 Å². The van der Waals surface area contributed by atoms with Crippen molar-refractivity contribution in [2.75, 3.05) is 5.32 Å². The Hall–Kier alpha value is -2.58. The Morgan fingerprint density at radius 2 is 1.58 bits per heavy atom. The second-order valence-corrected chi connectivity index (χ2v) is 11.0. The van der Waals surface area contributed by atoms with Crippen LogP contribution in [-0.2, 0) is 22.9 Å². The van der Waals surface area contributed by atoms with E-state index in [4.69, 9.17) is 11.6 Å². The molecule has 176 valence electrons. The molecule has 2 aromatic carbocycles. The summed E-state index contributed by atoms with van der Waals surface area (Å²) in [6.45, 7) is 4.56. The number of carbonyl (C=O) groups is 1. The summed E-state index contributed by atoms with van der Waals surface area (Å²) in [4.78, 5) is 25.9. The smallest absolute Gasteiger partial charge is 0.321 e. The lowest BCUT2D eigenvalue weighted by atomic mass is 10.0. The van der Waals surface area contributed by atoms with Gasteiger partial charge >= 0.3 is 5.69 Å². The van der Waals surface area contributed by atoms with Gasteiger partial charge in [0.05, 0.1) is 26.9 Å². The summed E-state index contributed by atoms with van der Waals surface area (Å²) < 4.78 is 30.6. The third kappa shape index (κ3) is 4.34. The topological polar surface area (TPSA) is 90.2 Å². The fraction of sp³-hybridized carbons (Fsp3) is 0.417. The van der Waals surface area contributed by atoms with Crippen LogP contribution in [0.5, 0.6) is 0 Å². The summed E-state index contributed by atoms with van der Waals surface area (Å²) in [5.41, 5.74) is 1.52. The van der Waals surface area contributed by atoms with Crippen LogP contribution in [0.1, 0.15) is 56.3 Å². The minimum absolute atomic E-state index is 0.0691. The molecule has 1 aliphatic carbocycles. The average Bonchev–Trinajstić information content (AvgIpc) is 3.08. The summed E-state index contributed by atoms with van der Waals surface area (Å²) in [6, 6.07) is 9.57. The maximum Gasteiger partial charge on any atom is 0.329 e. The zero-order valence-corrected chi connectivity index (χ0v) is 20.4. The van der Waals surface area contributed by atoms with Crippen LogP contribution < -0.4 is 11.0 Å². The third-order valence-corrected chi connectivity index (χ3v) is 8.96. The molecule has 1 saturated carbocycles. The molecular formula is C24H28ClN3O4S. The molecule has 1 N–H and O–H groups in total. The Labute approximate surface area is 198 Å². The highest BCUT2D eigenvalue weighted by molar-refractivity contribution is 7.92. The van der Waals surface area contributed by atoms with E-state index in [1.54, 1.807) is 45.5 Å². The normalized spacial score (nSPS) is 15.1. The maximum absolute atomic E-state index is 13.7. The molecule has 0 spiro atoms. The van der Waals surface area contributed by atoms with Gasteiger partial charge in [-0.1, -0.05) is 30.9 Å². The zero-order valence-electron chi connectivity index (χ0n) is 18.8. The fourth-order valence-corrected chi connectivity index (χ4v) is 6.77. The van der Waals surface area contributed by atoms with Crippen molar-refractivity contribution < 1.29 is 13.2 Å². The number of nitrogens with zero attached hydrogens (tertiary/aromatic N) is 2. The Kier molecular flexibility index (Phi) is 6.68. The van der Waals surface area contributed by atoms with Crippen molar-refractivity contribution in [3.8, 4) is 0 Å². The van der Waals surface area contributed by atoms with E-state index in [9.17, 15) is 18.0 Å². The van der Waals surface area contributed by atoms with Crippen LogP contribution >= 0.6 is 11.6 Å². The first-order valence-corrected chi connectivity index (χ1v) is 13.3. The molecule has 7 nitrogen and oxygen atoms in total. The zero-order chi connectivity index (χ0) is 23.8. The number of hydrogen-bond donors (Lipinski definition) is 1. The number of halogens is 1. The first-order valence-electron chi connectivity index (χ1n) is 11.4. The van der Waals surface area contributed by atoms with E-state index >= 15 is 0 Å². The van der Waals surface area contributed by atoms with E-state index in [1.807, 2.05) is 13.8 Å². The lowest BCUT2D eigenvalue weighted by Gasteiger charge is -2.23. The number of nitrogens with one attached hydrogen (secondary N) is 1. The van der Waals surface area contributed by atoms with Crippen LogP contribution in [0.2, 0.25) is 5.02 Å². The van der Waals surface area contributed by atoms with Gasteiger partial charge in [0, 0.05) is 23.7 Å². The van der Waals surface area contributed by atoms with Gasteiger partial charge in [0.2, 0.25) is 0 Å². The molecule has 0 unspecified atom stereocenters. The van der Waals surface area contributed by atoms with Gasteiger partial charge in [0.1, 0.15) is 0 Å². The summed E-state index contributed by atoms with van der Waals surface area (Å²) in [7, 11) is -3.71. The van der Waals surface area contributed by atoms with Gasteiger partial charge in [-0.3, -0.25) is 13.9 Å². The molecule has 1 fully saturated rings. The van der Waals surface area contributed by atoms with Gasteiger partial charge in [-0.15, -0.1) is 0 Å². The van der Waals surface area contributed by atoms with Crippen molar-refractivity contribution in [1.82, 2.24) is 9.13 Å². The third-order valence-electron chi connectivity index (χ3n) is 6.40. The van der Waals surface area contributed by atoms with Crippen molar-refractivity contribution in [3.63, 3.8) is 0 Å². The minimum Gasteiger partial charge on any atom is -0.321 e. The number of carbonyl (C=O) groups excluding carboxylic acids is 1. The standard InChI is InChI=1S/C24H28ClN3O4S/c1-3-27-20-14-19(26-23(29)16-10-12-17(25)13-11-16)22(15-21(20)28(4-2)24(27)30)33(31,32)18-8-6-5-7-9-18/h10-15,18H,3-9H2,1-2H3,(H,26,29). The number of aromatic nitrogens is 2. The summed E-state index contributed by atoms with van der Waals surface area (Å²) in [6.07, 6.45) is 3.96. The van der Waals surface area contributed by atoms with E-state index in [-0.39, 0.29) is 16.3 Å². The van der Waals surface area contributed by atoms with Gasteiger partial charge in [0.25, 0.3) is 5.91 Å². The number of rotatable bonds is 6. The highest BCUT2D eigenvalue weighted by atomic mass is 35.5. The molecule has 4 rings (SSSR count). The first-order chi connectivity index (χ1) is 15.8. The van der Waals surface area contributed by atoms with Gasteiger partial charge < -0.3 is 5.32 Å². The quantitative estimate of drug-likeness (QED) is 0.535. The SMILES string of the molecule is CCn1c(=O)n(CC)c2cc(S(=O)(=O)C3CCCCC3)c(NC(=O)c3ccc(Cl)cc3)cc21. The van der Waals surface area contributed by atoms with Gasteiger partial charge in [-0.25, -0.2) is 13.2 Å². The number of hydrogen-bond acceptors (Lipinski definition) is 4. The molecule has 1 amide bonds. The predicted molar refractivity (Wildman–Crippen MR) is 131 cm³/mol. The molecule has 1 heterocycles. The van der Waals surface area contributed by atoms with Crippen LogP contribution in [0.25, 0.3) is 11.0 Å². The molecule has 9 heteroatoms. The van der Waals surface area contributed by atoms with Gasteiger partial charge in [-0.2, -0.15) is 0 Å². The van der Waals surface area contributed by atoms with Crippen molar-refractivity contribution in [2.24, 2.45) is 0 Å². The van der Waals surface area contributed by atoms with Crippen molar-refractivity contribution in [1.29, 1.82) is 0 Å². The van der Waals surface area contributed by atoms with Crippen molar-refractivity contribution in [3.05, 3.63) is 57.5 Å². The van der Waals surface area contributed by atoms with Crippen LogP contribution in [0.4, 0.5) is 5.69 Å². The van der Waals surface area contributed by atoms with E-state index < -0.39 is 21.0 Å². The molecule has 3 aromatic rings. The highest BCUT2D eigenvalue weighted by Crippen LogP contribution is 2.35. The number of benzene rings is 2. The molecule has 33 heavy (non-hydrogen) atoms. The summed E-state index contributed by atoms with van der Waals surface area (Å²) in [5.74, 6) is -0.438. The maximum atomic E-state index is 13.7. The van der Waals surface area contributed by atoms with Crippen molar-refractivity contribution >= 4 is 44.1 Å². The number of sulfone groups is 1.